The van der Waals surface area contributed by atoms with Gasteiger partial charge >= 0.3 is 0 Å². The summed E-state index contributed by atoms with van der Waals surface area (Å²) < 4.78 is 30.8. The molecule has 0 spiro atoms. The van der Waals surface area contributed by atoms with Crippen molar-refractivity contribution in [1.82, 2.24) is 4.98 Å². The van der Waals surface area contributed by atoms with E-state index < -0.39 is 11.6 Å². The lowest BCUT2D eigenvalue weighted by Gasteiger charge is -1.98. The van der Waals surface area contributed by atoms with Crippen LogP contribution in [-0.4, -0.2) is 4.98 Å². The molecule has 0 bridgehead atoms. The molecule has 0 unspecified atom stereocenters. The minimum atomic E-state index is -0.917. The van der Waals surface area contributed by atoms with Crippen molar-refractivity contribution in [2.45, 2.75) is 0 Å². The molecule has 1 aromatic heterocycles. The van der Waals surface area contributed by atoms with Gasteiger partial charge in [0.1, 0.15) is 6.26 Å². The molecule has 0 aliphatic carbocycles. The van der Waals surface area contributed by atoms with Gasteiger partial charge in [-0.05, 0) is 24.4 Å². The zero-order chi connectivity index (χ0) is 10.1. The lowest BCUT2D eigenvalue weighted by Crippen LogP contribution is -1.88. The van der Waals surface area contributed by atoms with E-state index in [0.717, 1.165) is 6.07 Å². The Balaban J connectivity index is 2.62. The number of hydrogen-bond acceptors (Lipinski definition) is 2. The molecule has 0 fully saturated rings. The first-order chi connectivity index (χ1) is 6.68. The Hall–Kier alpha value is -1.49. The van der Waals surface area contributed by atoms with Crippen LogP contribution in [0.25, 0.3) is 11.3 Å². The Morgan fingerprint density at radius 2 is 2.07 bits per heavy atom. The molecule has 2 rings (SSSR count). The molecule has 0 radical (unpaired) electrons. The molecule has 14 heavy (non-hydrogen) atoms. The van der Waals surface area contributed by atoms with Crippen LogP contribution in [0, 0.1) is 16.5 Å². The summed E-state index contributed by atoms with van der Waals surface area (Å²) in [6.45, 7) is 0. The van der Waals surface area contributed by atoms with Gasteiger partial charge in [0.25, 0.3) is 4.84 Å². The molecule has 0 amide bonds. The summed E-state index contributed by atoms with van der Waals surface area (Å²) in [4.78, 5) is 2.73. The molecule has 0 aliphatic rings. The van der Waals surface area contributed by atoms with Crippen LogP contribution < -0.4 is 0 Å². The summed E-state index contributed by atoms with van der Waals surface area (Å²) in [5, 5.41) is 0. The van der Waals surface area contributed by atoms with Crippen LogP contribution in [0.5, 0.6) is 0 Å². The summed E-state index contributed by atoms with van der Waals surface area (Å²) in [6, 6.07) is 3.90. The second-order valence-corrected chi connectivity index (χ2v) is 3.03. The van der Waals surface area contributed by atoms with Gasteiger partial charge in [-0.3, -0.25) is 0 Å². The molecule has 5 heteroatoms. The van der Waals surface area contributed by atoms with Crippen LogP contribution in [0.2, 0.25) is 0 Å². The highest BCUT2D eigenvalue weighted by Crippen LogP contribution is 2.22. The molecule has 0 saturated carbocycles. The fourth-order valence-corrected chi connectivity index (χ4v) is 1.28. The van der Waals surface area contributed by atoms with Crippen LogP contribution in [0.1, 0.15) is 0 Å². The summed E-state index contributed by atoms with van der Waals surface area (Å²) in [5.41, 5.74) is 0.428. The van der Waals surface area contributed by atoms with E-state index >= 15 is 0 Å². The van der Waals surface area contributed by atoms with Crippen molar-refractivity contribution in [3.63, 3.8) is 0 Å². The molecule has 1 heterocycles. The molecule has 1 aromatic carbocycles. The number of rotatable bonds is 1. The standard InChI is InChI=1S/C9H5F2NOS/c10-6-3-1-2-5(8(6)11)7-4-13-9(14)12-7/h1-4H,(H,12,14). The summed E-state index contributed by atoms with van der Waals surface area (Å²) >= 11 is 4.67. The monoisotopic (exact) mass is 213 g/mol. The number of oxazole rings is 1. The highest BCUT2D eigenvalue weighted by atomic mass is 32.1. The third-order valence-electron chi connectivity index (χ3n) is 1.76. The number of nitrogens with one attached hydrogen (secondary N) is 1. The van der Waals surface area contributed by atoms with E-state index in [1.54, 1.807) is 0 Å². The number of aromatic amines is 1. The molecule has 2 nitrogen and oxygen atoms in total. The van der Waals surface area contributed by atoms with Crippen molar-refractivity contribution in [2.75, 3.05) is 0 Å². The molecule has 0 aliphatic heterocycles. The van der Waals surface area contributed by atoms with E-state index in [4.69, 9.17) is 4.42 Å². The zero-order valence-electron chi connectivity index (χ0n) is 6.88. The molecule has 0 atom stereocenters. The lowest BCUT2D eigenvalue weighted by atomic mass is 10.1. The summed E-state index contributed by atoms with van der Waals surface area (Å²) in [7, 11) is 0. The smallest absolute Gasteiger partial charge is 0.266 e. The van der Waals surface area contributed by atoms with E-state index in [1.807, 2.05) is 0 Å². The predicted octanol–water partition coefficient (Wildman–Crippen LogP) is 3.28. The van der Waals surface area contributed by atoms with E-state index in [-0.39, 0.29) is 10.4 Å². The molecule has 2 aromatic rings. The maximum Gasteiger partial charge on any atom is 0.266 e. The lowest BCUT2D eigenvalue weighted by molar-refractivity contribution is 0.510. The van der Waals surface area contributed by atoms with Gasteiger partial charge < -0.3 is 9.40 Å². The Labute approximate surface area is 83.2 Å². The van der Waals surface area contributed by atoms with Crippen LogP contribution in [0.15, 0.2) is 28.9 Å². The maximum absolute atomic E-state index is 13.2. The summed E-state index contributed by atoms with van der Waals surface area (Å²) in [5.74, 6) is -1.82. The van der Waals surface area contributed by atoms with Crippen LogP contribution in [0.3, 0.4) is 0 Å². The van der Waals surface area contributed by atoms with Gasteiger partial charge in [-0.15, -0.1) is 0 Å². The average Bonchev–Trinajstić information content (AvgIpc) is 2.57. The molecule has 0 saturated heterocycles. The Bertz CT molecular complexity index is 518. The largest absolute Gasteiger partial charge is 0.437 e. The van der Waals surface area contributed by atoms with Crippen LogP contribution in [-0.2, 0) is 0 Å². The third kappa shape index (κ3) is 1.46. The van der Waals surface area contributed by atoms with Crippen LogP contribution in [0.4, 0.5) is 8.78 Å². The van der Waals surface area contributed by atoms with Gasteiger partial charge in [-0.1, -0.05) is 6.07 Å². The first-order valence-electron chi connectivity index (χ1n) is 3.80. The Morgan fingerprint density at radius 1 is 1.29 bits per heavy atom. The number of benzene rings is 1. The molecular weight excluding hydrogens is 208 g/mol. The number of H-pyrrole nitrogens is 1. The highest BCUT2D eigenvalue weighted by Gasteiger charge is 2.10. The number of hydrogen-bond donors (Lipinski definition) is 1. The van der Waals surface area contributed by atoms with Gasteiger partial charge in [0, 0.05) is 5.56 Å². The topological polar surface area (TPSA) is 28.9 Å². The van der Waals surface area contributed by atoms with Crippen molar-refractivity contribution in [2.24, 2.45) is 0 Å². The molecular formula is C9H5F2NOS. The van der Waals surface area contributed by atoms with E-state index in [1.165, 1.54) is 18.4 Å². The van der Waals surface area contributed by atoms with Gasteiger partial charge in [0.15, 0.2) is 11.6 Å². The van der Waals surface area contributed by atoms with Gasteiger partial charge in [-0.25, -0.2) is 8.78 Å². The normalized spacial score (nSPS) is 10.4. The minimum Gasteiger partial charge on any atom is -0.437 e. The third-order valence-corrected chi connectivity index (χ3v) is 1.96. The number of halogens is 2. The fraction of sp³-hybridized carbons (Fsp3) is 0. The quantitative estimate of drug-likeness (QED) is 0.736. The maximum atomic E-state index is 13.2. The molecule has 1 N–H and O–H groups in total. The van der Waals surface area contributed by atoms with Gasteiger partial charge in [-0.2, -0.15) is 0 Å². The summed E-state index contributed by atoms with van der Waals surface area (Å²) in [6.07, 6.45) is 1.25. The number of aromatic nitrogens is 1. The highest BCUT2D eigenvalue weighted by molar-refractivity contribution is 7.71. The van der Waals surface area contributed by atoms with Crippen molar-refractivity contribution in [3.8, 4) is 11.3 Å². The zero-order valence-corrected chi connectivity index (χ0v) is 7.70. The van der Waals surface area contributed by atoms with Gasteiger partial charge in [0.2, 0.25) is 0 Å². The molecule has 72 valence electrons. The van der Waals surface area contributed by atoms with Crippen LogP contribution >= 0.6 is 12.2 Å². The first-order valence-corrected chi connectivity index (χ1v) is 4.21. The van der Waals surface area contributed by atoms with Crippen molar-refractivity contribution in [1.29, 1.82) is 0 Å². The first kappa shape index (κ1) is 9.08. The van der Waals surface area contributed by atoms with Crippen molar-refractivity contribution in [3.05, 3.63) is 40.9 Å². The Morgan fingerprint density at radius 3 is 2.71 bits per heavy atom. The predicted molar refractivity (Wildman–Crippen MR) is 49.2 cm³/mol. The van der Waals surface area contributed by atoms with Crippen molar-refractivity contribution < 1.29 is 13.2 Å². The second kappa shape index (κ2) is 3.34. The Kier molecular flexibility index (Phi) is 2.17. The van der Waals surface area contributed by atoms with E-state index in [0.29, 0.717) is 5.69 Å². The van der Waals surface area contributed by atoms with Gasteiger partial charge in [0.05, 0.1) is 5.69 Å². The fourth-order valence-electron chi connectivity index (χ4n) is 1.12. The minimum absolute atomic E-state index is 0.102. The average molecular weight is 213 g/mol. The second-order valence-electron chi connectivity index (χ2n) is 2.66. The van der Waals surface area contributed by atoms with E-state index in [9.17, 15) is 8.78 Å². The SMILES string of the molecule is Fc1cccc(-c2coc(=S)[nH]2)c1F. The van der Waals surface area contributed by atoms with Crippen molar-refractivity contribution >= 4 is 12.2 Å². The van der Waals surface area contributed by atoms with E-state index in [2.05, 4.69) is 17.2 Å².